The summed E-state index contributed by atoms with van der Waals surface area (Å²) in [7, 11) is 0. The monoisotopic (exact) mass is 1620 g/mol. The maximum Gasteiger partial charge on any atom is 0.245 e. The average molecular weight is 1620 g/mol. The summed E-state index contributed by atoms with van der Waals surface area (Å²) in [6.45, 7) is 7.17. The van der Waals surface area contributed by atoms with E-state index in [9.17, 15) is 43.2 Å². The summed E-state index contributed by atoms with van der Waals surface area (Å²) in [6, 6.07) is 7.61. The van der Waals surface area contributed by atoms with Crippen molar-refractivity contribution in [1.29, 1.82) is 21.6 Å². The van der Waals surface area contributed by atoms with E-state index in [0.717, 1.165) is 0 Å². The third-order valence-corrected chi connectivity index (χ3v) is 18.8. The van der Waals surface area contributed by atoms with Crippen LogP contribution in [0.5, 0.6) is 11.5 Å². The standard InChI is InChI=1S/C77H119N25O14/c1-45(2)41-58(68(109)96-55(21-13-35-89-75(82)83)66(107)95-54(20-12-34-88-74(80)81)65(106)92-46(3)64(105)98-57(23-15-37-91-77(86)87)73(114)102-38-16-24-62(102)72(113)94-53(63(79)104)19-8-9-33-78)99-67(108)56(22-14-36-90-76(84)85)97-70(111)60-43-49-25-29-51(30-26-49)115-39-10-11-40-116-52-31-27-50(28-32-52)44-61(71(112)101-60)100-69(110)59(93-47(4)103)42-48-17-6-5-7-18-48/h5-7,10-11,17-18,25-32,45-46,53-62H,8-9,12-16,19-24,33-44,78H2,1-4H3,(H2,79,104)(H,92,106)(H,93,103)(H,94,113)(H,95,107)(H,96,109)(H,97,111)(H,98,105)(H,99,108)(H,100,110)(H,101,112)(H4,80,81,88)(H4,82,83,89)(H4,84,85,90)(H4,86,87,91)/b11-10+/t46-,53+,54+,55+,56+,57+,58+,59+,60+,61+,62+/m1/s1. The Balaban J connectivity index is 1.45. The van der Waals surface area contributed by atoms with Gasteiger partial charge in [0.15, 0.2) is 23.8 Å². The van der Waals surface area contributed by atoms with Crippen molar-refractivity contribution in [3.8, 4) is 11.5 Å². The first-order chi connectivity index (χ1) is 55.3. The molecule has 30 N–H and O–H groups in total. The predicted octanol–water partition coefficient (Wildman–Crippen LogP) is -3.37. The fraction of sp³-hybridized carbons (Fsp3) is 0.532. The van der Waals surface area contributed by atoms with Crippen LogP contribution in [0.15, 0.2) is 91.0 Å². The summed E-state index contributed by atoms with van der Waals surface area (Å²) in [5.41, 5.74) is 35.4. The van der Waals surface area contributed by atoms with Crippen LogP contribution in [-0.4, -0.2) is 219 Å². The zero-order valence-electron chi connectivity index (χ0n) is 66.4. The summed E-state index contributed by atoms with van der Waals surface area (Å²) in [4.78, 5) is 173. The molecule has 39 nitrogen and oxygen atoms in total. The van der Waals surface area contributed by atoms with Gasteiger partial charge in [-0.3, -0.25) is 79.2 Å². The molecule has 5 aliphatic rings. The lowest BCUT2D eigenvalue weighted by Crippen LogP contribution is -2.61. The van der Waals surface area contributed by atoms with Gasteiger partial charge in [-0.15, -0.1) is 0 Å². The summed E-state index contributed by atoms with van der Waals surface area (Å²) in [6.07, 6.45) is 5.03. The van der Waals surface area contributed by atoms with E-state index in [1.165, 1.54) is 18.7 Å². The highest BCUT2D eigenvalue weighted by Gasteiger charge is 2.41. The van der Waals surface area contributed by atoms with Gasteiger partial charge in [0.1, 0.15) is 91.2 Å². The van der Waals surface area contributed by atoms with Gasteiger partial charge < -0.3 is 123 Å². The molecule has 0 aliphatic carbocycles. The van der Waals surface area contributed by atoms with Gasteiger partial charge in [0.25, 0.3) is 0 Å². The van der Waals surface area contributed by atoms with Gasteiger partial charge in [-0.1, -0.05) is 68.4 Å². The fourth-order valence-corrected chi connectivity index (χ4v) is 12.8. The minimum absolute atomic E-state index is 0.0216. The Kier molecular flexibility index (Phi) is 40.7. The molecule has 11 atom stereocenters. The number of hydrogen-bond acceptors (Lipinski definition) is 19. The van der Waals surface area contributed by atoms with E-state index < -0.39 is 149 Å². The third kappa shape index (κ3) is 35.0. The number of unbranched alkanes of at least 4 members (excludes halogenated alkanes) is 1. The van der Waals surface area contributed by atoms with Crippen LogP contribution in [0.2, 0.25) is 0 Å². The van der Waals surface area contributed by atoms with Crippen molar-refractivity contribution < 1.29 is 67.0 Å². The fourth-order valence-electron chi connectivity index (χ4n) is 12.8. The first kappa shape index (κ1) is 94.3. The number of nitrogens with one attached hydrogen (secondary N) is 18. The molecule has 116 heavy (non-hydrogen) atoms. The lowest BCUT2D eigenvalue weighted by atomic mass is 9.99. The number of nitrogens with zero attached hydrogens (tertiary/aromatic N) is 1. The molecule has 0 unspecified atom stereocenters. The van der Waals surface area contributed by atoms with Crippen molar-refractivity contribution in [3.05, 3.63) is 108 Å². The highest BCUT2D eigenvalue weighted by molar-refractivity contribution is 6.00. The van der Waals surface area contributed by atoms with E-state index in [1.807, 2.05) is 0 Å². The summed E-state index contributed by atoms with van der Waals surface area (Å²) < 4.78 is 11.8. The van der Waals surface area contributed by atoms with Crippen LogP contribution in [-0.2, 0) is 76.8 Å². The Morgan fingerprint density at radius 1 is 0.500 bits per heavy atom. The molecule has 0 aromatic heterocycles. The maximum absolute atomic E-state index is 15.2. The van der Waals surface area contributed by atoms with Crippen molar-refractivity contribution in [2.24, 2.45) is 40.3 Å². The van der Waals surface area contributed by atoms with Crippen LogP contribution >= 0.6 is 0 Å². The average Bonchev–Trinajstić information content (AvgIpc) is 1.62. The molecule has 3 aromatic carbocycles. The van der Waals surface area contributed by atoms with E-state index in [2.05, 4.69) is 74.4 Å². The number of rotatable bonds is 43. The molecule has 8 rings (SSSR count). The van der Waals surface area contributed by atoms with Crippen LogP contribution in [0.4, 0.5) is 0 Å². The van der Waals surface area contributed by atoms with Crippen LogP contribution < -0.4 is 118 Å². The molecule has 4 bridgehead atoms. The molecule has 0 saturated carbocycles. The number of hydrogen-bond donors (Lipinski definition) is 24. The van der Waals surface area contributed by atoms with Crippen molar-refractivity contribution in [1.82, 2.24) is 79.3 Å². The normalized spacial score (nSPS) is 17.0. The summed E-state index contributed by atoms with van der Waals surface area (Å²) >= 11 is 0. The Hall–Kier alpha value is -12.3. The predicted molar refractivity (Wildman–Crippen MR) is 434 cm³/mol. The second-order valence-corrected chi connectivity index (χ2v) is 28.9. The van der Waals surface area contributed by atoms with E-state index in [1.54, 1.807) is 105 Å². The third-order valence-electron chi connectivity index (χ3n) is 18.8. The topological polar surface area (TPSA) is 646 Å². The molecule has 1 fully saturated rings. The number of benzene rings is 3. The molecular formula is C77H119N25O14. The van der Waals surface area contributed by atoms with Crippen molar-refractivity contribution in [2.45, 2.75) is 203 Å². The molecular weight excluding hydrogens is 1500 g/mol. The minimum atomic E-state index is -1.50. The smallest absolute Gasteiger partial charge is 0.245 e. The van der Waals surface area contributed by atoms with Gasteiger partial charge >= 0.3 is 0 Å². The Morgan fingerprint density at radius 3 is 1.43 bits per heavy atom. The van der Waals surface area contributed by atoms with Gasteiger partial charge in [0, 0.05) is 58.9 Å². The minimum Gasteiger partial charge on any atom is -0.490 e. The lowest BCUT2D eigenvalue weighted by Gasteiger charge is -2.30. The summed E-state index contributed by atoms with van der Waals surface area (Å²) in [5, 5.41) is 68.8. The highest BCUT2D eigenvalue weighted by atomic mass is 16.5. The number of nitrogens with two attached hydrogens (primary N) is 6. The molecule has 636 valence electrons. The second-order valence-electron chi connectivity index (χ2n) is 28.9. The van der Waals surface area contributed by atoms with E-state index in [0.29, 0.717) is 54.0 Å². The largest absolute Gasteiger partial charge is 0.490 e. The van der Waals surface area contributed by atoms with Crippen LogP contribution in [0.1, 0.15) is 134 Å². The van der Waals surface area contributed by atoms with Crippen LogP contribution in [0.3, 0.4) is 0 Å². The Bertz CT molecular complexity index is 3830. The molecule has 5 heterocycles. The SMILES string of the molecule is CC(=O)N[C@@H](Cc1ccccc1)C(=O)N[C@H]1Cc2ccc(cc2)OC/C=C/COc2ccc(cc2)C[C@@H](C(=O)N[C@@H](CCCNC(=N)N)C(=O)N[C@@H](CC(C)C)C(=O)N[C@@H](CCCNC(=N)N)C(=O)N[C@@H](CCCNC(=N)N)C(=O)N[C@H](C)C(=O)N[C@@H](CCCNC(=N)N)C(=O)N2CCC[C@H]2C(=O)N[C@@H](CCCCN)C(N)=O)NC1=O. The number of likely N-dealkylation sites (tertiary alicyclic amines) is 1. The number of primary amides is 1. The van der Waals surface area contributed by atoms with E-state index in [-0.39, 0.29) is 154 Å². The molecule has 12 amide bonds. The van der Waals surface area contributed by atoms with Gasteiger partial charge in [-0.2, -0.15) is 0 Å². The Labute approximate surface area is 675 Å². The molecule has 39 heteroatoms. The molecule has 5 aliphatic heterocycles. The Morgan fingerprint density at radius 2 is 0.948 bits per heavy atom. The zero-order valence-corrected chi connectivity index (χ0v) is 66.4. The zero-order chi connectivity index (χ0) is 85.2. The number of carbonyl (C=O) groups is 12. The van der Waals surface area contributed by atoms with Crippen LogP contribution in [0, 0.1) is 27.6 Å². The summed E-state index contributed by atoms with van der Waals surface area (Å²) in [5.74, 6) is -10.4. The maximum atomic E-state index is 15.2. The number of guanidine groups is 4. The molecule has 0 radical (unpaired) electrons. The molecule has 0 spiro atoms. The molecule has 3 aromatic rings. The van der Waals surface area contributed by atoms with Gasteiger partial charge in [-0.05, 0) is 162 Å². The highest BCUT2D eigenvalue weighted by Crippen LogP contribution is 2.22. The quantitative estimate of drug-likeness (QED) is 0.0114. The van der Waals surface area contributed by atoms with Crippen molar-refractivity contribution >= 4 is 94.7 Å². The molecule has 1 saturated heterocycles. The van der Waals surface area contributed by atoms with Gasteiger partial charge in [0.2, 0.25) is 70.9 Å². The number of amides is 12. The first-order valence-corrected chi connectivity index (χ1v) is 39.0. The van der Waals surface area contributed by atoms with Gasteiger partial charge in [0.05, 0.1) is 0 Å². The van der Waals surface area contributed by atoms with Crippen LogP contribution in [0.25, 0.3) is 0 Å². The van der Waals surface area contributed by atoms with Gasteiger partial charge in [-0.25, -0.2) is 0 Å². The second kappa shape index (κ2) is 50.0. The van der Waals surface area contributed by atoms with Crippen molar-refractivity contribution in [2.75, 3.05) is 52.5 Å². The van der Waals surface area contributed by atoms with Crippen molar-refractivity contribution in [3.63, 3.8) is 0 Å². The van der Waals surface area contributed by atoms with E-state index >= 15 is 14.4 Å². The lowest BCUT2D eigenvalue weighted by molar-refractivity contribution is -0.142. The number of ether oxygens (including phenoxy) is 2. The number of carbonyl (C=O) groups excluding carboxylic acids is 12. The van der Waals surface area contributed by atoms with E-state index in [4.69, 9.17) is 65.5 Å². The first-order valence-electron chi connectivity index (χ1n) is 39.0.